The van der Waals surface area contributed by atoms with Crippen molar-refractivity contribution in [1.29, 1.82) is 0 Å². The monoisotopic (exact) mass is 125 g/mol. The molecule has 0 spiro atoms. The summed E-state index contributed by atoms with van der Waals surface area (Å²) in [5.74, 6) is 0. The number of aliphatic hydroxyl groups excluding tert-OH is 1. The first-order chi connectivity index (χ1) is 3.18. The van der Waals surface area contributed by atoms with Crippen LogP contribution < -0.4 is 5.73 Å². The van der Waals surface area contributed by atoms with E-state index in [-0.39, 0.29) is 0 Å². The minimum absolute atomic E-state index is 0.455. The maximum atomic E-state index is 9.76. The van der Waals surface area contributed by atoms with Crippen molar-refractivity contribution in [1.82, 2.24) is 0 Å². The highest BCUT2D eigenvalue weighted by Gasteiger charge is 2.03. The molecule has 0 aromatic carbocycles. The minimum Gasteiger partial charge on any atom is -0.394 e. The fourth-order valence-electron chi connectivity index (χ4n) is 0.0638. The van der Waals surface area contributed by atoms with E-state index in [0.29, 0.717) is 0 Å². The molecule has 0 aromatic heterocycles. The van der Waals surface area contributed by atoms with E-state index in [4.69, 9.17) is 15.4 Å². The summed E-state index contributed by atoms with van der Waals surface area (Å²) in [5, 5.41) is 7.01. The Labute approximate surface area is 43.6 Å². The van der Waals surface area contributed by atoms with Crippen LogP contribution in [0.2, 0.25) is 0 Å². The van der Waals surface area contributed by atoms with E-state index in [1.165, 1.54) is 0 Å². The van der Waals surface area contributed by atoms with Crippen molar-refractivity contribution < 1.29 is 13.9 Å². The van der Waals surface area contributed by atoms with Gasteiger partial charge in [-0.1, -0.05) is 0 Å². The molecule has 0 aromatic rings. The average molecular weight is 125 g/mol. The van der Waals surface area contributed by atoms with Gasteiger partial charge in [0.2, 0.25) is 0 Å². The van der Waals surface area contributed by atoms with Crippen LogP contribution in [0, 0.1) is 0 Å². The first-order valence-electron chi connectivity index (χ1n) is 1.64. The largest absolute Gasteiger partial charge is 0.394 e. The second-order valence-corrected chi connectivity index (χ2v) is 2.16. The van der Waals surface area contributed by atoms with E-state index in [1.54, 1.807) is 0 Å². The van der Waals surface area contributed by atoms with Crippen LogP contribution in [0.4, 0.5) is 0 Å². The molecule has 44 valence electrons. The van der Waals surface area contributed by atoms with Crippen molar-refractivity contribution in [2.24, 2.45) is 5.73 Å². The maximum Gasteiger partial charge on any atom is 0.172 e. The zero-order valence-corrected chi connectivity index (χ0v) is 4.39. The maximum absolute atomic E-state index is 9.76. The van der Waals surface area contributed by atoms with Crippen molar-refractivity contribution in [2.75, 3.05) is 6.61 Å². The van der Waals surface area contributed by atoms with Crippen LogP contribution in [-0.2, 0) is 11.1 Å². The summed E-state index contributed by atoms with van der Waals surface area (Å²) < 4.78 is 17.8. The van der Waals surface area contributed by atoms with Gasteiger partial charge in [0.05, 0.1) is 6.61 Å². The van der Waals surface area contributed by atoms with Crippen LogP contribution in [0.3, 0.4) is 0 Å². The molecule has 0 fully saturated rings. The molecular weight excluding hydrogens is 118 g/mol. The summed E-state index contributed by atoms with van der Waals surface area (Å²) in [6.07, 6.45) is 0. The second kappa shape index (κ2) is 3.09. The van der Waals surface area contributed by atoms with Gasteiger partial charge in [-0.15, -0.1) is 0 Å². The Morgan fingerprint density at radius 3 is 2.29 bits per heavy atom. The van der Waals surface area contributed by atoms with E-state index in [2.05, 4.69) is 0 Å². The third-order valence-electron chi connectivity index (χ3n) is 0.439. The van der Waals surface area contributed by atoms with Crippen LogP contribution in [0.15, 0.2) is 0 Å². The van der Waals surface area contributed by atoms with Crippen LogP contribution >= 0.6 is 0 Å². The summed E-state index contributed by atoms with van der Waals surface area (Å²) in [5.41, 5.74) is 4.82. The zero-order chi connectivity index (χ0) is 5.86. The van der Waals surface area contributed by atoms with Gasteiger partial charge in [0.15, 0.2) is 11.1 Å². The Bertz CT molecular complexity index is 75.3. The van der Waals surface area contributed by atoms with Crippen LogP contribution in [0.1, 0.15) is 0 Å². The molecule has 0 saturated heterocycles. The van der Waals surface area contributed by atoms with Crippen molar-refractivity contribution >= 4 is 11.1 Å². The Morgan fingerprint density at radius 2 is 2.29 bits per heavy atom. The molecule has 2 unspecified atom stereocenters. The summed E-state index contributed by atoms with van der Waals surface area (Å²) in [6, 6.07) is 0. The molecule has 4 N–H and O–H groups in total. The second-order valence-electron chi connectivity index (χ2n) is 0.997. The lowest BCUT2D eigenvalue weighted by atomic mass is 10.7. The highest BCUT2D eigenvalue weighted by Crippen LogP contribution is 1.78. The van der Waals surface area contributed by atoms with Gasteiger partial charge in [0.25, 0.3) is 0 Å². The molecule has 0 aliphatic carbocycles. The van der Waals surface area contributed by atoms with Crippen LogP contribution in [0.5, 0.6) is 0 Å². The van der Waals surface area contributed by atoms with Gasteiger partial charge >= 0.3 is 0 Å². The smallest absolute Gasteiger partial charge is 0.172 e. The highest BCUT2D eigenvalue weighted by molar-refractivity contribution is 7.79. The molecular formula is C2H7NO3S. The predicted octanol–water partition coefficient (Wildman–Crippen LogP) is -1.51. The molecule has 0 rings (SSSR count). The number of hydrogen-bond acceptors (Lipinski definition) is 3. The molecule has 2 atom stereocenters. The highest BCUT2D eigenvalue weighted by atomic mass is 32.2. The summed E-state index contributed by atoms with van der Waals surface area (Å²) in [6.45, 7) is -0.455. The van der Waals surface area contributed by atoms with Gasteiger partial charge < -0.3 is 15.4 Å². The van der Waals surface area contributed by atoms with Gasteiger partial charge in [-0.05, 0) is 0 Å². The predicted molar refractivity (Wildman–Crippen MR) is 25.8 cm³/mol. The normalized spacial score (nSPS) is 18.7. The van der Waals surface area contributed by atoms with E-state index in [9.17, 15) is 4.21 Å². The van der Waals surface area contributed by atoms with Crippen molar-refractivity contribution in [2.45, 2.75) is 5.37 Å². The lowest BCUT2D eigenvalue weighted by Crippen LogP contribution is -2.28. The molecule has 0 aliphatic rings. The Kier molecular flexibility index (Phi) is 3.10. The SMILES string of the molecule is NC(CO)S(=O)O. The standard InChI is InChI=1S/C2H7NO3S/c3-2(1-4)7(5)6/h2,4H,1,3H2,(H,5,6). The van der Waals surface area contributed by atoms with E-state index >= 15 is 0 Å². The summed E-state index contributed by atoms with van der Waals surface area (Å²) >= 11 is -2.08. The molecule has 4 nitrogen and oxygen atoms in total. The fraction of sp³-hybridized carbons (Fsp3) is 1.00. The van der Waals surface area contributed by atoms with E-state index in [0.717, 1.165) is 0 Å². The zero-order valence-electron chi connectivity index (χ0n) is 3.57. The van der Waals surface area contributed by atoms with Crippen molar-refractivity contribution in [3.8, 4) is 0 Å². The van der Waals surface area contributed by atoms with Crippen LogP contribution in [0.25, 0.3) is 0 Å². The van der Waals surface area contributed by atoms with Crippen molar-refractivity contribution in [3.05, 3.63) is 0 Å². The third-order valence-corrected chi connectivity index (χ3v) is 1.11. The molecule has 0 heterocycles. The van der Waals surface area contributed by atoms with Gasteiger partial charge in [-0.25, -0.2) is 4.21 Å². The number of hydrogen-bond donors (Lipinski definition) is 3. The topological polar surface area (TPSA) is 83.5 Å². The average Bonchev–Trinajstić information content (AvgIpc) is 1.65. The van der Waals surface area contributed by atoms with Gasteiger partial charge in [0.1, 0.15) is 5.37 Å². The lowest BCUT2D eigenvalue weighted by molar-refractivity contribution is 0.290. The summed E-state index contributed by atoms with van der Waals surface area (Å²) in [7, 11) is 0. The Morgan fingerprint density at radius 1 is 1.86 bits per heavy atom. The quantitative estimate of drug-likeness (QED) is 0.391. The van der Waals surface area contributed by atoms with Gasteiger partial charge in [0, 0.05) is 0 Å². The van der Waals surface area contributed by atoms with Crippen molar-refractivity contribution in [3.63, 3.8) is 0 Å². The van der Waals surface area contributed by atoms with Crippen LogP contribution in [-0.4, -0.2) is 25.8 Å². The summed E-state index contributed by atoms with van der Waals surface area (Å²) in [4.78, 5) is 0. The molecule has 0 bridgehead atoms. The number of rotatable bonds is 2. The lowest BCUT2D eigenvalue weighted by Gasteiger charge is -1.97. The van der Waals surface area contributed by atoms with Gasteiger partial charge in [-0.2, -0.15) is 0 Å². The minimum atomic E-state index is -2.08. The molecule has 0 saturated carbocycles. The molecule has 7 heavy (non-hydrogen) atoms. The molecule has 5 heteroatoms. The molecule has 0 aliphatic heterocycles. The first-order valence-corrected chi connectivity index (χ1v) is 2.81. The van der Waals surface area contributed by atoms with E-state index < -0.39 is 23.1 Å². The third kappa shape index (κ3) is 2.69. The Balaban J connectivity index is 3.34. The molecule has 0 radical (unpaired) electrons. The fourth-order valence-corrected chi connectivity index (χ4v) is 0.191. The van der Waals surface area contributed by atoms with E-state index in [1.807, 2.05) is 0 Å². The molecule has 0 amide bonds. The van der Waals surface area contributed by atoms with Gasteiger partial charge in [-0.3, -0.25) is 0 Å². The Hall–Kier alpha value is 0.0300. The first kappa shape index (κ1) is 7.03. The number of nitrogens with two attached hydrogens (primary N) is 1. The number of aliphatic hydroxyl groups is 1.